The summed E-state index contributed by atoms with van der Waals surface area (Å²) in [6.45, 7) is 0.220. The third-order valence-corrected chi connectivity index (χ3v) is 7.22. The Bertz CT molecular complexity index is 1020. The molecule has 0 bridgehead atoms. The smallest absolute Gasteiger partial charge is 0.425 e. The number of benzene rings is 2. The molecular weight excluding hydrogens is 394 g/mol. The maximum atomic E-state index is 13.1. The fourth-order valence-corrected chi connectivity index (χ4v) is 5.48. The summed E-state index contributed by atoms with van der Waals surface area (Å²) in [4.78, 5) is 23.9. The van der Waals surface area contributed by atoms with Crippen LogP contribution in [0.3, 0.4) is 0 Å². The van der Waals surface area contributed by atoms with Crippen molar-refractivity contribution in [1.82, 2.24) is 5.32 Å². The Kier molecular flexibility index (Phi) is 5.27. The monoisotopic (exact) mass is 415 g/mol. The normalized spacial score (nSPS) is 23.6. The minimum Gasteiger partial charge on any atom is -0.449 e. The number of fused-ring (bicyclic) bond motifs is 1. The molecule has 1 saturated heterocycles. The van der Waals surface area contributed by atoms with Gasteiger partial charge in [0.25, 0.3) is 9.84 Å². The lowest BCUT2D eigenvalue weighted by Crippen LogP contribution is -2.35. The zero-order valence-electron chi connectivity index (χ0n) is 15.6. The van der Waals surface area contributed by atoms with Gasteiger partial charge < -0.3 is 14.8 Å². The lowest BCUT2D eigenvalue weighted by Gasteiger charge is -2.32. The van der Waals surface area contributed by atoms with Crippen LogP contribution in [0.1, 0.15) is 28.4 Å². The highest BCUT2D eigenvalue weighted by Gasteiger charge is 2.44. The van der Waals surface area contributed by atoms with E-state index in [1.807, 2.05) is 18.2 Å². The lowest BCUT2D eigenvalue weighted by atomic mass is 9.80. The number of rotatable bonds is 4. The van der Waals surface area contributed by atoms with E-state index in [1.165, 1.54) is 0 Å². The average Bonchev–Trinajstić information content (AvgIpc) is 3.18. The van der Waals surface area contributed by atoms with Gasteiger partial charge in [-0.25, -0.2) is 18.0 Å². The molecule has 2 aromatic rings. The van der Waals surface area contributed by atoms with Gasteiger partial charge >= 0.3 is 11.4 Å². The predicted octanol–water partition coefficient (Wildman–Crippen LogP) is 3.15. The van der Waals surface area contributed by atoms with Crippen LogP contribution in [0.4, 0.5) is 9.59 Å². The maximum absolute atomic E-state index is 13.1. The van der Waals surface area contributed by atoms with E-state index in [1.54, 1.807) is 36.4 Å². The van der Waals surface area contributed by atoms with Gasteiger partial charge in [-0.05, 0) is 29.5 Å². The van der Waals surface area contributed by atoms with Crippen molar-refractivity contribution in [2.75, 3.05) is 6.54 Å². The quantitative estimate of drug-likeness (QED) is 0.771. The Morgan fingerprint density at radius 1 is 1.10 bits per heavy atom. The first-order chi connectivity index (χ1) is 13.9. The number of hydrogen-bond donors (Lipinski definition) is 1. The molecular formula is C21H21NO6S. The van der Waals surface area contributed by atoms with Gasteiger partial charge in [0.1, 0.15) is 12.7 Å². The topological polar surface area (TPSA) is 98.8 Å². The molecule has 2 aliphatic rings. The number of carbonyl (C=O) groups excluding carboxylic acids is 2. The maximum Gasteiger partial charge on any atom is 0.425 e. The summed E-state index contributed by atoms with van der Waals surface area (Å²) in [6, 6.07) is 16.1. The molecule has 0 saturated carbocycles. The molecule has 8 heteroatoms. The number of ether oxygens (including phenoxy) is 2. The van der Waals surface area contributed by atoms with Crippen LogP contribution in [0.2, 0.25) is 0 Å². The average molecular weight is 415 g/mol. The zero-order valence-corrected chi connectivity index (χ0v) is 16.4. The van der Waals surface area contributed by atoms with Crippen molar-refractivity contribution in [3.05, 3.63) is 71.3 Å². The van der Waals surface area contributed by atoms with Crippen molar-refractivity contribution in [2.45, 2.75) is 30.8 Å². The van der Waals surface area contributed by atoms with Crippen LogP contribution in [-0.4, -0.2) is 32.5 Å². The summed E-state index contributed by atoms with van der Waals surface area (Å²) < 4.78 is 36.6. The molecule has 0 aromatic heterocycles. The summed E-state index contributed by atoms with van der Waals surface area (Å²) >= 11 is 0. The third-order valence-electron chi connectivity index (χ3n) is 5.44. The van der Waals surface area contributed by atoms with Crippen LogP contribution in [0.5, 0.6) is 0 Å². The van der Waals surface area contributed by atoms with Crippen molar-refractivity contribution in [1.29, 1.82) is 0 Å². The first-order valence-electron chi connectivity index (χ1n) is 9.42. The van der Waals surface area contributed by atoms with Gasteiger partial charge in [-0.3, -0.25) is 0 Å². The Morgan fingerprint density at radius 3 is 2.55 bits per heavy atom. The van der Waals surface area contributed by atoms with Gasteiger partial charge in [-0.15, -0.1) is 0 Å². The van der Waals surface area contributed by atoms with E-state index in [2.05, 4.69) is 5.32 Å². The van der Waals surface area contributed by atoms with E-state index in [-0.39, 0.29) is 18.9 Å². The number of cyclic esters (lactones) is 1. The molecule has 0 radical (unpaired) electrons. The van der Waals surface area contributed by atoms with Crippen LogP contribution in [0.25, 0.3) is 0 Å². The Labute approximate surface area is 168 Å². The molecule has 29 heavy (non-hydrogen) atoms. The second-order valence-corrected chi connectivity index (χ2v) is 9.27. The first kappa shape index (κ1) is 19.4. The van der Waals surface area contributed by atoms with Crippen LogP contribution in [0, 0.1) is 5.92 Å². The van der Waals surface area contributed by atoms with E-state index in [0.29, 0.717) is 24.1 Å². The molecule has 1 fully saturated rings. The van der Waals surface area contributed by atoms with Gasteiger partial charge in [0.15, 0.2) is 0 Å². The fourth-order valence-electron chi connectivity index (χ4n) is 3.96. The molecule has 7 nitrogen and oxygen atoms in total. The van der Waals surface area contributed by atoms with Crippen molar-refractivity contribution < 1.29 is 27.5 Å². The largest absolute Gasteiger partial charge is 0.449 e. The number of nitrogens with one attached hydrogen (secondary N) is 1. The number of hydrogen-bond acceptors (Lipinski definition) is 6. The molecule has 1 N–H and O–H groups in total. The Hall–Kier alpha value is -2.87. The molecule has 152 valence electrons. The van der Waals surface area contributed by atoms with Crippen molar-refractivity contribution >= 4 is 21.2 Å². The van der Waals surface area contributed by atoms with Gasteiger partial charge in [-0.2, -0.15) is 0 Å². The molecule has 1 aliphatic carbocycles. The standard InChI is InChI=1S/C21H21NO6S/c23-20-22-12-18(28-20)16-10-15-8-4-5-9-17(15)19(11-16)29(25,26)21(24)27-13-14-6-2-1-3-7-14/h1-9,16,18-19H,10-13H2,(H,22,23)/t16-,18?,19?/m1/s1. The van der Waals surface area contributed by atoms with E-state index in [4.69, 9.17) is 9.47 Å². The molecule has 2 aromatic carbocycles. The van der Waals surface area contributed by atoms with Gasteiger partial charge in [0.05, 0.1) is 11.8 Å². The van der Waals surface area contributed by atoms with Crippen LogP contribution in [-0.2, 0) is 32.3 Å². The SMILES string of the molecule is O=C1NCC([C@@H]2Cc3ccccc3C(S(=O)(=O)C(=O)OCc3ccccc3)C2)O1. The third kappa shape index (κ3) is 3.98. The summed E-state index contributed by atoms with van der Waals surface area (Å²) in [7, 11) is -4.24. The molecule has 1 heterocycles. The highest BCUT2D eigenvalue weighted by molar-refractivity contribution is 8.05. The summed E-state index contributed by atoms with van der Waals surface area (Å²) in [5.74, 6) is -0.203. The van der Waals surface area contributed by atoms with E-state index in [0.717, 1.165) is 5.56 Å². The van der Waals surface area contributed by atoms with E-state index >= 15 is 0 Å². The lowest BCUT2D eigenvalue weighted by molar-refractivity contribution is 0.0980. The van der Waals surface area contributed by atoms with Crippen molar-refractivity contribution in [2.24, 2.45) is 5.92 Å². The van der Waals surface area contributed by atoms with Crippen molar-refractivity contribution in [3.8, 4) is 0 Å². The van der Waals surface area contributed by atoms with Gasteiger partial charge in [-0.1, -0.05) is 54.6 Å². The molecule has 4 rings (SSSR count). The fraction of sp³-hybridized carbons (Fsp3) is 0.333. The van der Waals surface area contributed by atoms with Crippen LogP contribution in [0.15, 0.2) is 54.6 Å². The van der Waals surface area contributed by atoms with Gasteiger partial charge in [0, 0.05) is 5.92 Å². The highest BCUT2D eigenvalue weighted by Crippen LogP contribution is 2.41. The van der Waals surface area contributed by atoms with Crippen LogP contribution >= 0.6 is 0 Å². The second kappa shape index (κ2) is 7.87. The molecule has 3 atom stereocenters. The minimum absolute atomic E-state index is 0.110. The second-order valence-electron chi connectivity index (χ2n) is 7.28. The molecule has 0 spiro atoms. The predicted molar refractivity (Wildman–Crippen MR) is 105 cm³/mol. The van der Waals surface area contributed by atoms with Gasteiger partial charge in [0.2, 0.25) is 0 Å². The number of amides is 1. The summed E-state index contributed by atoms with van der Waals surface area (Å²) in [6.07, 6.45) is -0.148. The molecule has 1 amide bonds. The summed E-state index contributed by atoms with van der Waals surface area (Å²) in [5.41, 5.74) is 2.16. The van der Waals surface area contributed by atoms with E-state index < -0.39 is 32.6 Å². The molecule has 2 unspecified atom stereocenters. The minimum atomic E-state index is -4.24. The van der Waals surface area contributed by atoms with Crippen LogP contribution < -0.4 is 5.32 Å². The highest BCUT2D eigenvalue weighted by atomic mass is 32.2. The van der Waals surface area contributed by atoms with E-state index in [9.17, 15) is 18.0 Å². The molecule has 1 aliphatic heterocycles. The van der Waals surface area contributed by atoms with Crippen molar-refractivity contribution in [3.63, 3.8) is 0 Å². The number of carbonyl (C=O) groups is 2. The summed E-state index contributed by atoms with van der Waals surface area (Å²) in [5, 5.41) is 0.343. The Morgan fingerprint density at radius 2 is 1.83 bits per heavy atom. The zero-order chi connectivity index (χ0) is 20.4. The number of sulfone groups is 1. The Balaban J connectivity index is 1.57. The number of alkyl carbamates (subject to hydrolysis) is 1. The first-order valence-corrected chi connectivity index (χ1v) is 11.0.